The SMILES string of the molecule is O=C([O-])N(c1cccc(Cl)c1)c1c(Br)c(Br)c(Br)c(Br)c1Br. The first-order valence-electron chi connectivity index (χ1n) is 5.53. The van der Waals surface area contributed by atoms with Crippen LogP contribution in [0.4, 0.5) is 16.2 Å². The van der Waals surface area contributed by atoms with Gasteiger partial charge in [-0.2, -0.15) is 0 Å². The fourth-order valence-electron chi connectivity index (χ4n) is 1.73. The van der Waals surface area contributed by atoms with Crippen molar-refractivity contribution in [3.8, 4) is 0 Å². The van der Waals surface area contributed by atoms with Gasteiger partial charge in [0.25, 0.3) is 0 Å². The van der Waals surface area contributed by atoms with E-state index in [-0.39, 0.29) is 0 Å². The zero-order valence-corrected chi connectivity index (χ0v) is 19.0. The lowest BCUT2D eigenvalue weighted by molar-refractivity contribution is -0.245. The Bertz CT molecular complexity index is 739. The molecule has 0 aliphatic rings. The van der Waals surface area contributed by atoms with Gasteiger partial charge in [0.2, 0.25) is 0 Å². The lowest BCUT2D eigenvalue weighted by Gasteiger charge is -2.29. The molecule has 0 heterocycles. The first kappa shape index (κ1) is 18.7. The molecule has 0 unspecified atom stereocenters. The molecule has 1 amide bonds. The number of nitrogens with zero attached hydrogens (tertiary/aromatic N) is 1. The number of hydrogen-bond acceptors (Lipinski definition) is 2. The summed E-state index contributed by atoms with van der Waals surface area (Å²) in [6.45, 7) is 0. The Hall–Kier alpha value is 0.400. The lowest BCUT2D eigenvalue weighted by Crippen LogP contribution is -2.38. The third-order valence-electron chi connectivity index (χ3n) is 2.66. The van der Waals surface area contributed by atoms with Gasteiger partial charge < -0.3 is 9.90 Å². The third kappa shape index (κ3) is 3.57. The maximum atomic E-state index is 11.7. The monoisotopic (exact) mass is 636 g/mol. The molecule has 0 aromatic heterocycles. The normalized spacial score (nSPS) is 10.6. The molecule has 0 saturated heterocycles. The Balaban J connectivity index is 2.78. The summed E-state index contributed by atoms with van der Waals surface area (Å²) in [5.41, 5.74) is 0.735. The van der Waals surface area contributed by atoms with Gasteiger partial charge in [0, 0.05) is 24.1 Å². The summed E-state index contributed by atoms with van der Waals surface area (Å²) in [5, 5.41) is 12.1. The van der Waals surface area contributed by atoms with E-state index >= 15 is 0 Å². The van der Waals surface area contributed by atoms with E-state index in [1.807, 2.05) is 0 Å². The molecule has 2 aromatic carbocycles. The summed E-state index contributed by atoms with van der Waals surface area (Å²) in [7, 11) is 0. The van der Waals surface area contributed by atoms with Gasteiger partial charge in [-0.15, -0.1) is 0 Å². The van der Waals surface area contributed by atoms with Gasteiger partial charge in [-0.3, -0.25) is 4.90 Å². The molecule has 0 N–H and O–H groups in total. The topological polar surface area (TPSA) is 43.4 Å². The van der Waals surface area contributed by atoms with E-state index in [4.69, 9.17) is 11.6 Å². The quantitative estimate of drug-likeness (QED) is 0.273. The molecule has 0 fully saturated rings. The number of carboxylic acid groups (broad SMARTS) is 1. The van der Waals surface area contributed by atoms with Crippen LogP contribution >= 0.6 is 91.3 Å². The number of rotatable bonds is 2. The Morgan fingerprint density at radius 1 is 0.955 bits per heavy atom. The van der Waals surface area contributed by atoms with Crippen LogP contribution in [0.5, 0.6) is 0 Å². The summed E-state index contributed by atoms with van der Waals surface area (Å²) in [5.74, 6) is 0. The second kappa shape index (κ2) is 7.53. The van der Waals surface area contributed by atoms with Crippen molar-refractivity contribution in [1.82, 2.24) is 0 Å². The van der Waals surface area contributed by atoms with Crippen molar-refractivity contribution in [3.63, 3.8) is 0 Å². The van der Waals surface area contributed by atoms with Gasteiger partial charge in [0.1, 0.15) is 6.09 Å². The molecule has 0 bridgehead atoms. The minimum absolute atomic E-state index is 0.365. The predicted octanol–water partition coefficient (Wildman–Crippen LogP) is 6.63. The number of halogens is 6. The van der Waals surface area contributed by atoms with Gasteiger partial charge in [-0.25, -0.2) is 0 Å². The molecule has 0 atom stereocenters. The number of amides is 1. The van der Waals surface area contributed by atoms with Crippen molar-refractivity contribution >= 4 is 109 Å². The molecule has 0 radical (unpaired) electrons. The van der Waals surface area contributed by atoms with E-state index in [9.17, 15) is 9.90 Å². The maximum Gasteiger partial charge on any atom is 0.146 e. The molecule has 0 aliphatic heterocycles. The highest BCUT2D eigenvalue weighted by atomic mass is 79.9. The van der Waals surface area contributed by atoms with Gasteiger partial charge in [-0.1, -0.05) is 17.7 Å². The minimum atomic E-state index is -1.38. The van der Waals surface area contributed by atoms with E-state index in [0.717, 1.165) is 9.37 Å². The highest BCUT2D eigenvalue weighted by Crippen LogP contribution is 2.50. The number of carbonyl (C=O) groups is 1. The first-order valence-corrected chi connectivity index (χ1v) is 9.88. The molecule has 2 aromatic rings. The standard InChI is InChI=1S/C13H5Br5ClNO2/c14-7-8(15)10(17)12(11(18)9(7)16)20(13(21)22)6-3-1-2-5(19)4-6/h1-4H,(H,21,22)/p-1. The van der Waals surface area contributed by atoms with Crippen LogP contribution in [0.3, 0.4) is 0 Å². The van der Waals surface area contributed by atoms with Crippen molar-refractivity contribution in [2.24, 2.45) is 0 Å². The molecule has 116 valence electrons. The molecular formula is C13H4Br5ClNO2-. The Kier molecular flexibility index (Phi) is 6.41. The zero-order valence-electron chi connectivity index (χ0n) is 10.3. The first-order chi connectivity index (χ1) is 10.3. The number of benzene rings is 2. The molecule has 0 saturated carbocycles. The van der Waals surface area contributed by atoms with Crippen molar-refractivity contribution < 1.29 is 9.90 Å². The Labute approximate surface area is 173 Å². The van der Waals surface area contributed by atoms with Crippen LogP contribution in [0.15, 0.2) is 46.6 Å². The summed E-state index contributed by atoms with van der Waals surface area (Å²) >= 11 is 23.0. The number of hydrogen-bond donors (Lipinski definition) is 0. The highest BCUT2D eigenvalue weighted by Gasteiger charge is 2.24. The fraction of sp³-hybridized carbons (Fsp3) is 0. The van der Waals surface area contributed by atoms with Crippen LogP contribution < -0.4 is 10.0 Å². The lowest BCUT2D eigenvalue weighted by atomic mass is 10.2. The van der Waals surface area contributed by atoms with Crippen LogP contribution in [0.25, 0.3) is 0 Å². The average Bonchev–Trinajstić information content (AvgIpc) is 2.47. The molecular weight excluding hydrogens is 637 g/mol. The van der Waals surface area contributed by atoms with E-state index in [1.54, 1.807) is 24.3 Å². The van der Waals surface area contributed by atoms with Crippen molar-refractivity contribution in [2.45, 2.75) is 0 Å². The highest BCUT2D eigenvalue weighted by molar-refractivity contribution is 9.15. The number of anilines is 2. The largest absolute Gasteiger partial charge is 0.529 e. The number of carbonyl (C=O) groups excluding carboxylic acids is 1. The molecule has 9 heteroatoms. The zero-order chi connectivity index (χ0) is 16.6. The predicted molar refractivity (Wildman–Crippen MR) is 104 cm³/mol. The van der Waals surface area contributed by atoms with Gasteiger partial charge in [0.15, 0.2) is 0 Å². The van der Waals surface area contributed by atoms with Crippen molar-refractivity contribution in [2.75, 3.05) is 4.90 Å². The van der Waals surface area contributed by atoms with E-state index in [1.165, 1.54) is 0 Å². The molecule has 22 heavy (non-hydrogen) atoms. The Morgan fingerprint density at radius 2 is 1.45 bits per heavy atom. The van der Waals surface area contributed by atoms with E-state index in [2.05, 4.69) is 79.6 Å². The summed E-state index contributed by atoms with van der Waals surface area (Å²) in [6.07, 6.45) is -1.38. The van der Waals surface area contributed by atoms with Crippen LogP contribution in [-0.2, 0) is 0 Å². The van der Waals surface area contributed by atoms with Gasteiger partial charge in [-0.05, 0) is 97.8 Å². The maximum absolute atomic E-state index is 11.7. The van der Waals surface area contributed by atoms with Crippen LogP contribution in [0.2, 0.25) is 5.02 Å². The second-order valence-corrected chi connectivity index (χ2v) is 8.40. The van der Waals surface area contributed by atoms with Crippen LogP contribution in [-0.4, -0.2) is 6.09 Å². The van der Waals surface area contributed by atoms with Crippen LogP contribution in [0.1, 0.15) is 0 Å². The molecule has 0 spiro atoms. The molecule has 2 rings (SSSR count). The third-order valence-corrected chi connectivity index (χ3v) is 8.95. The average molecular weight is 641 g/mol. The minimum Gasteiger partial charge on any atom is -0.529 e. The summed E-state index contributed by atoms with van der Waals surface area (Å²) in [6, 6.07) is 6.50. The van der Waals surface area contributed by atoms with E-state index in [0.29, 0.717) is 34.3 Å². The summed E-state index contributed by atoms with van der Waals surface area (Å²) < 4.78 is 3.13. The van der Waals surface area contributed by atoms with Gasteiger partial charge >= 0.3 is 0 Å². The van der Waals surface area contributed by atoms with Crippen molar-refractivity contribution in [1.29, 1.82) is 0 Å². The van der Waals surface area contributed by atoms with E-state index < -0.39 is 6.09 Å². The smallest absolute Gasteiger partial charge is 0.146 e. The van der Waals surface area contributed by atoms with Crippen molar-refractivity contribution in [3.05, 3.63) is 51.7 Å². The molecule has 0 aliphatic carbocycles. The second-order valence-electron chi connectivity index (χ2n) is 4.00. The molecule has 3 nitrogen and oxygen atoms in total. The van der Waals surface area contributed by atoms with Gasteiger partial charge in [0.05, 0.1) is 14.6 Å². The Morgan fingerprint density at radius 3 is 1.91 bits per heavy atom. The fourth-order valence-corrected chi connectivity index (χ4v) is 5.30. The summed E-state index contributed by atoms with van der Waals surface area (Å²) in [4.78, 5) is 12.7. The van der Waals surface area contributed by atoms with Crippen LogP contribution in [0, 0.1) is 0 Å².